The third-order valence-corrected chi connectivity index (χ3v) is 5.01. The van der Waals surface area contributed by atoms with E-state index in [9.17, 15) is 5.26 Å². The van der Waals surface area contributed by atoms with E-state index in [-0.39, 0.29) is 0 Å². The molecule has 0 fully saturated rings. The van der Waals surface area contributed by atoms with Crippen LogP contribution in [0.15, 0.2) is 41.4 Å². The SMILES string of the molecule is CC1CCc2nc(SCCOc3ccccc3)c(C#N)cc2C1. The van der Waals surface area contributed by atoms with Crippen molar-refractivity contribution in [2.45, 2.75) is 31.2 Å². The van der Waals surface area contributed by atoms with E-state index in [2.05, 4.69) is 13.0 Å². The first-order valence-electron chi connectivity index (χ1n) is 8.00. The summed E-state index contributed by atoms with van der Waals surface area (Å²) < 4.78 is 5.70. The number of rotatable bonds is 5. The van der Waals surface area contributed by atoms with E-state index < -0.39 is 0 Å². The maximum absolute atomic E-state index is 9.39. The highest BCUT2D eigenvalue weighted by molar-refractivity contribution is 7.99. The van der Waals surface area contributed by atoms with Crippen LogP contribution in [0.5, 0.6) is 5.75 Å². The molecule has 23 heavy (non-hydrogen) atoms. The van der Waals surface area contributed by atoms with Gasteiger partial charge in [-0.15, -0.1) is 11.8 Å². The lowest BCUT2D eigenvalue weighted by Gasteiger charge is -2.21. The molecule has 1 unspecified atom stereocenters. The largest absolute Gasteiger partial charge is 0.493 e. The Morgan fingerprint density at radius 2 is 2.17 bits per heavy atom. The van der Waals surface area contributed by atoms with E-state index in [4.69, 9.17) is 9.72 Å². The van der Waals surface area contributed by atoms with Gasteiger partial charge in [-0.1, -0.05) is 25.1 Å². The lowest BCUT2D eigenvalue weighted by atomic mass is 9.87. The van der Waals surface area contributed by atoms with Crippen molar-refractivity contribution in [2.24, 2.45) is 5.92 Å². The number of fused-ring (bicyclic) bond motifs is 1. The molecule has 2 aromatic rings. The molecule has 1 aliphatic rings. The Bertz CT molecular complexity index is 709. The van der Waals surface area contributed by atoms with E-state index in [0.29, 0.717) is 18.1 Å². The Morgan fingerprint density at radius 3 is 2.96 bits per heavy atom. The van der Waals surface area contributed by atoms with Crippen molar-refractivity contribution in [1.29, 1.82) is 5.26 Å². The number of para-hydroxylation sites is 1. The topological polar surface area (TPSA) is 45.9 Å². The van der Waals surface area contributed by atoms with Gasteiger partial charge in [0.15, 0.2) is 0 Å². The first-order valence-corrected chi connectivity index (χ1v) is 8.98. The lowest BCUT2D eigenvalue weighted by Crippen LogP contribution is -2.14. The van der Waals surface area contributed by atoms with Crippen molar-refractivity contribution < 1.29 is 4.74 Å². The molecular formula is C19H20N2OS. The van der Waals surface area contributed by atoms with Gasteiger partial charge in [0.2, 0.25) is 0 Å². The van der Waals surface area contributed by atoms with Gasteiger partial charge in [-0.2, -0.15) is 5.26 Å². The summed E-state index contributed by atoms with van der Waals surface area (Å²) in [7, 11) is 0. The predicted octanol–water partition coefficient (Wildman–Crippen LogP) is 4.25. The zero-order chi connectivity index (χ0) is 16.1. The summed E-state index contributed by atoms with van der Waals surface area (Å²) in [6, 6.07) is 14.1. The zero-order valence-electron chi connectivity index (χ0n) is 13.3. The van der Waals surface area contributed by atoms with Crippen LogP contribution in [0.2, 0.25) is 0 Å². The summed E-state index contributed by atoms with van der Waals surface area (Å²) in [6.07, 6.45) is 3.25. The van der Waals surface area contributed by atoms with Gasteiger partial charge in [0.25, 0.3) is 0 Å². The third kappa shape index (κ3) is 4.05. The molecule has 4 heteroatoms. The normalized spacial score (nSPS) is 16.4. The summed E-state index contributed by atoms with van der Waals surface area (Å²) >= 11 is 1.61. The quantitative estimate of drug-likeness (QED) is 0.609. The lowest BCUT2D eigenvalue weighted by molar-refractivity contribution is 0.344. The number of pyridine rings is 1. The third-order valence-electron chi connectivity index (χ3n) is 4.05. The highest BCUT2D eigenvalue weighted by atomic mass is 32.2. The minimum absolute atomic E-state index is 0.606. The number of thioether (sulfide) groups is 1. The number of aryl methyl sites for hydroxylation is 1. The molecule has 0 aliphatic heterocycles. The monoisotopic (exact) mass is 324 g/mol. The van der Waals surface area contributed by atoms with Crippen molar-refractivity contribution in [3.8, 4) is 11.8 Å². The second-order valence-electron chi connectivity index (χ2n) is 5.92. The van der Waals surface area contributed by atoms with Gasteiger partial charge < -0.3 is 4.74 Å². The zero-order valence-corrected chi connectivity index (χ0v) is 14.1. The minimum Gasteiger partial charge on any atom is -0.493 e. The van der Waals surface area contributed by atoms with E-state index >= 15 is 0 Å². The van der Waals surface area contributed by atoms with Crippen LogP contribution in [-0.4, -0.2) is 17.3 Å². The molecule has 1 heterocycles. The number of aromatic nitrogens is 1. The molecule has 1 atom stereocenters. The van der Waals surface area contributed by atoms with Crippen LogP contribution >= 0.6 is 11.8 Å². The Labute approximate surface area is 141 Å². The fraction of sp³-hybridized carbons (Fsp3) is 0.368. The first kappa shape index (κ1) is 15.9. The molecular weight excluding hydrogens is 304 g/mol. The Hall–Kier alpha value is -1.99. The van der Waals surface area contributed by atoms with E-state index in [1.54, 1.807) is 11.8 Å². The van der Waals surface area contributed by atoms with E-state index in [1.165, 1.54) is 17.7 Å². The summed E-state index contributed by atoms with van der Waals surface area (Å²) in [5.41, 5.74) is 3.13. The van der Waals surface area contributed by atoms with Crippen molar-refractivity contribution >= 4 is 11.8 Å². The van der Waals surface area contributed by atoms with Crippen molar-refractivity contribution in [1.82, 2.24) is 4.98 Å². The van der Waals surface area contributed by atoms with E-state index in [1.807, 2.05) is 36.4 Å². The number of hydrogen-bond acceptors (Lipinski definition) is 4. The van der Waals surface area contributed by atoms with Gasteiger partial charge >= 0.3 is 0 Å². The Morgan fingerprint density at radius 1 is 1.35 bits per heavy atom. The molecule has 0 radical (unpaired) electrons. The van der Waals surface area contributed by atoms with Gasteiger partial charge in [-0.05, 0) is 48.9 Å². The van der Waals surface area contributed by atoms with Gasteiger partial charge in [0.05, 0.1) is 12.2 Å². The fourth-order valence-electron chi connectivity index (χ4n) is 2.83. The molecule has 1 aliphatic carbocycles. The van der Waals surface area contributed by atoms with Crippen molar-refractivity contribution in [3.05, 3.63) is 53.2 Å². The van der Waals surface area contributed by atoms with Crippen LogP contribution < -0.4 is 4.74 Å². The van der Waals surface area contributed by atoms with Crippen molar-refractivity contribution in [2.75, 3.05) is 12.4 Å². The molecule has 1 aromatic heterocycles. The minimum atomic E-state index is 0.606. The van der Waals surface area contributed by atoms with Crippen LogP contribution in [-0.2, 0) is 12.8 Å². The average molecular weight is 324 g/mol. The smallest absolute Gasteiger partial charge is 0.119 e. The average Bonchev–Trinajstić information content (AvgIpc) is 2.59. The highest BCUT2D eigenvalue weighted by Crippen LogP contribution is 2.29. The second kappa shape index (κ2) is 7.52. The number of benzene rings is 1. The first-order chi connectivity index (χ1) is 11.3. The molecule has 0 saturated heterocycles. The summed E-state index contributed by atoms with van der Waals surface area (Å²) in [6.45, 7) is 2.87. The fourth-order valence-corrected chi connectivity index (χ4v) is 3.63. The van der Waals surface area contributed by atoms with Crippen LogP contribution in [0.3, 0.4) is 0 Å². The molecule has 118 valence electrons. The number of nitrogens with zero attached hydrogens (tertiary/aromatic N) is 2. The molecule has 0 amide bonds. The number of hydrogen-bond donors (Lipinski definition) is 0. The maximum atomic E-state index is 9.39. The Kier molecular flexibility index (Phi) is 5.19. The molecule has 0 saturated carbocycles. The molecule has 1 aromatic carbocycles. The molecule has 0 N–H and O–H groups in total. The van der Waals surface area contributed by atoms with Crippen LogP contribution in [0, 0.1) is 17.2 Å². The molecule has 3 nitrogen and oxygen atoms in total. The standard InChI is InChI=1S/C19H20N2OS/c1-14-7-8-18-15(11-14)12-16(13-20)19(21-18)23-10-9-22-17-5-3-2-4-6-17/h2-6,12,14H,7-11H2,1H3. The van der Waals surface area contributed by atoms with Gasteiger partial charge in [-0.3, -0.25) is 0 Å². The molecule has 0 spiro atoms. The van der Waals surface area contributed by atoms with Crippen LogP contribution in [0.4, 0.5) is 0 Å². The number of nitriles is 1. The van der Waals surface area contributed by atoms with Gasteiger partial charge in [0, 0.05) is 11.4 Å². The highest BCUT2D eigenvalue weighted by Gasteiger charge is 2.19. The predicted molar refractivity (Wildman–Crippen MR) is 92.8 cm³/mol. The Balaban J connectivity index is 1.62. The summed E-state index contributed by atoms with van der Waals surface area (Å²) in [4.78, 5) is 4.75. The second-order valence-corrected chi connectivity index (χ2v) is 7.00. The van der Waals surface area contributed by atoms with Crippen LogP contribution in [0.25, 0.3) is 0 Å². The van der Waals surface area contributed by atoms with Crippen molar-refractivity contribution in [3.63, 3.8) is 0 Å². The van der Waals surface area contributed by atoms with Gasteiger partial charge in [0.1, 0.15) is 16.8 Å². The molecule has 0 bridgehead atoms. The number of ether oxygens (including phenoxy) is 1. The van der Waals surface area contributed by atoms with E-state index in [0.717, 1.165) is 29.4 Å². The summed E-state index contributed by atoms with van der Waals surface area (Å²) in [5.74, 6) is 2.35. The van der Waals surface area contributed by atoms with Crippen LogP contribution in [0.1, 0.15) is 30.2 Å². The molecule has 3 rings (SSSR count). The van der Waals surface area contributed by atoms with Gasteiger partial charge in [-0.25, -0.2) is 4.98 Å². The summed E-state index contributed by atoms with van der Waals surface area (Å²) in [5, 5.41) is 10.2. The maximum Gasteiger partial charge on any atom is 0.119 e.